The van der Waals surface area contributed by atoms with Crippen LogP contribution in [0.2, 0.25) is 0 Å². The average molecular weight is 284 g/mol. The molecule has 1 aromatic rings. The number of aromatic nitrogens is 1. The minimum Gasteiger partial charge on any atom is -0.395 e. The highest BCUT2D eigenvalue weighted by atomic mass is 32.1. The Kier molecular flexibility index (Phi) is 4.60. The fraction of sp³-hybridized carbons (Fsp3) is 0.667. The molecule has 1 amide bonds. The number of nitrogens with two attached hydrogens (primary N) is 1. The number of anilines is 2. The summed E-state index contributed by atoms with van der Waals surface area (Å²) in [5.41, 5.74) is 5.82. The fourth-order valence-electron chi connectivity index (χ4n) is 2.10. The molecule has 19 heavy (non-hydrogen) atoms. The van der Waals surface area contributed by atoms with Crippen LogP contribution in [0.25, 0.3) is 0 Å². The molecule has 1 aromatic heterocycles. The van der Waals surface area contributed by atoms with Gasteiger partial charge in [-0.05, 0) is 26.2 Å². The molecule has 1 fully saturated rings. The van der Waals surface area contributed by atoms with Gasteiger partial charge in [0.25, 0.3) is 5.91 Å². The number of amides is 1. The number of nitrogens with one attached hydrogen (secondary N) is 1. The Hall–Kier alpha value is -1.34. The first-order valence-electron chi connectivity index (χ1n) is 6.59. The summed E-state index contributed by atoms with van der Waals surface area (Å²) >= 11 is 1.28. The second-order valence-corrected chi connectivity index (χ2v) is 5.57. The summed E-state index contributed by atoms with van der Waals surface area (Å²) in [6.45, 7) is 3.04. The molecule has 0 aliphatic heterocycles. The van der Waals surface area contributed by atoms with Gasteiger partial charge in [0.15, 0.2) is 5.13 Å². The number of nitrogens with zero attached hydrogens (tertiary/aromatic N) is 2. The van der Waals surface area contributed by atoms with Crippen LogP contribution in [0.15, 0.2) is 0 Å². The third-order valence-electron chi connectivity index (χ3n) is 3.29. The lowest BCUT2D eigenvalue weighted by Crippen LogP contribution is -2.45. The average Bonchev–Trinajstić information content (AvgIpc) is 2.67. The van der Waals surface area contributed by atoms with E-state index in [9.17, 15) is 4.79 Å². The van der Waals surface area contributed by atoms with E-state index in [2.05, 4.69) is 10.3 Å². The van der Waals surface area contributed by atoms with Crippen molar-refractivity contribution in [3.63, 3.8) is 0 Å². The van der Waals surface area contributed by atoms with Gasteiger partial charge in [0.2, 0.25) is 0 Å². The first-order chi connectivity index (χ1) is 9.17. The second-order valence-electron chi connectivity index (χ2n) is 4.57. The van der Waals surface area contributed by atoms with E-state index in [1.54, 1.807) is 4.90 Å². The van der Waals surface area contributed by atoms with Crippen molar-refractivity contribution in [3.8, 4) is 0 Å². The Bertz CT molecular complexity index is 445. The molecular formula is C12H20N4O2S. The van der Waals surface area contributed by atoms with Crippen molar-refractivity contribution < 1.29 is 9.90 Å². The molecule has 4 N–H and O–H groups in total. The number of hydrogen-bond acceptors (Lipinski definition) is 6. The molecule has 0 bridgehead atoms. The Labute approximate surface area is 116 Å². The number of carbonyl (C=O) groups excluding carboxylic acids is 1. The van der Waals surface area contributed by atoms with Gasteiger partial charge < -0.3 is 21.1 Å². The van der Waals surface area contributed by atoms with Crippen LogP contribution in [0, 0.1) is 0 Å². The van der Waals surface area contributed by atoms with Crippen LogP contribution in [0.4, 0.5) is 10.9 Å². The Morgan fingerprint density at radius 1 is 1.63 bits per heavy atom. The van der Waals surface area contributed by atoms with Gasteiger partial charge in [-0.2, -0.15) is 0 Å². The molecule has 1 saturated carbocycles. The van der Waals surface area contributed by atoms with Gasteiger partial charge in [-0.3, -0.25) is 4.79 Å². The summed E-state index contributed by atoms with van der Waals surface area (Å²) in [5, 5.41) is 12.8. The topological polar surface area (TPSA) is 91.5 Å². The number of aliphatic hydroxyl groups is 1. The summed E-state index contributed by atoms with van der Waals surface area (Å²) in [7, 11) is 0. The largest absolute Gasteiger partial charge is 0.395 e. The van der Waals surface area contributed by atoms with Gasteiger partial charge in [0.05, 0.1) is 6.61 Å². The van der Waals surface area contributed by atoms with Gasteiger partial charge >= 0.3 is 0 Å². The van der Waals surface area contributed by atoms with Crippen molar-refractivity contribution >= 4 is 28.2 Å². The molecule has 0 unspecified atom stereocenters. The molecule has 1 aliphatic carbocycles. The zero-order valence-corrected chi connectivity index (χ0v) is 11.9. The van der Waals surface area contributed by atoms with Crippen LogP contribution >= 0.6 is 11.3 Å². The van der Waals surface area contributed by atoms with Crippen molar-refractivity contribution in [2.75, 3.05) is 30.7 Å². The highest BCUT2D eigenvalue weighted by Crippen LogP contribution is 2.30. The summed E-state index contributed by atoms with van der Waals surface area (Å²) in [5.74, 6) is 0.158. The maximum atomic E-state index is 12.5. The normalized spacial score (nSPS) is 15.1. The van der Waals surface area contributed by atoms with E-state index in [0.29, 0.717) is 16.6 Å². The van der Waals surface area contributed by atoms with Crippen LogP contribution in [0.3, 0.4) is 0 Å². The van der Waals surface area contributed by atoms with Crippen LogP contribution < -0.4 is 11.1 Å². The summed E-state index contributed by atoms with van der Waals surface area (Å²) in [6.07, 6.45) is 3.15. The first-order valence-corrected chi connectivity index (χ1v) is 7.41. The van der Waals surface area contributed by atoms with Crippen molar-refractivity contribution in [3.05, 3.63) is 4.88 Å². The monoisotopic (exact) mass is 284 g/mol. The van der Waals surface area contributed by atoms with Crippen molar-refractivity contribution in [1.29, 1.82) is 0 Å². The minimum atomic E-state index is -0.113. The third kappa shape index (κ3) is 2.98. The van der Waals surface area contributed by atoms with Gasteiger partial charge in [-0.25, -0.2) is 4.98 Å². The van der Waals surface area contributed by atoms with Crippen molar-refractivity contribution in [2.24, 2.45) is 0 Å². The molecule has 7 heteroatoms. The van der Waals surface area contributed by atoms with Gasteiger partial charge in [-0.15, -0.1) is 0 Å². The summed E-state index contributed by atoms with van der Waals surface area (Å²) in [6, 6.07) is 0.240. The predicted molar refractivity (Wildman–Crippen MR) is 76.5 cm³/mol. The van der Waals surface area contributed by atoms with E-state index >= 15 is 0 Å². The SMILES string of the molecule is CCNc1nc(N)c(C(=O)N(CCO)C2CCC2)s1. The molecule has 0 aromatic carbocycles. The maximum absolute atomic E-state index is 12.5. The molecule has 1 heterocycles. The van der Waals surface area contributed by atoms with E-state index in [-0.39, 0.29) is 24.4 Å². The molecular weight excluding hydrogens is 264 g/mol. The van der Waals surface area contributed by atoms with Gasteiger partial charge in [0.1, 0.15) is 10.7 Å². The third-order valence-corrected chi connectivity index (χ3v) is 4.31. The molecule has 0 atom stereocenters. The quantitative estimate of drug-likeness (QED) is 0.728. The number of aliphatic hydroxyl groups excluding tert-OH is 1. The Balaban J connectivity index is 2.15. The fourth-order valence-corrected chi connectivity index (χ4v) is 3.01. The first kappa shape index (κ1) is 14.1. The van der Waals surface area contributed by atoms with Gasteiger partial charge in [-0.1, -0.05) is 11.3 Å². The molecule has 0 spiro atoms. The lowest BCUT2D eigenvalue weighted by Gasteiger charge is -2.37. The highest BCUT2D eigenvalue weighted by molar-refractivity contribution is 7.18. The zero-order chi connectivity index (χ0) is 13.8. The molecule has 2 rings (SSSR count). The predicted octanol–water partition coefficient (Wildman–Crippen LogP) is 1.14. The number of hydrogen-bond donors (Lipinski definition) is 3. The number of carbonyl (C=O) groups is 1. The van der Waals surface area contributed by atoms with E-state index < -0.39 is 0 Å². The lowest BCUT2D eigenvalue weighted by atomic mass is 9.91. The van der Waals surface area contributed by atoms with E-state index in [0.717, 1.165) is 25.8 Å². The number of thiazole rings is 1. The summed E-state index contributed by atoms with van der Waals surface area (Å²) in [4.78, 5) is 18.8. The lowest BCUT2D eigenvalue weighted by molar-refractivity contribution is 0.0531. The Morgan fingerprint density at radius 3 is 2.89 bits per heavy atom. The molecule has 0 saturated heterocycles. The van der Waals surface area contributed by atoms with Crippen LogP contribution in [0.5, 0.6) is 0 Å². The Morgan fingerprint density at radius 2 is 2.37 bits per heavy atom. The number of rotatable bonds is 6. The van der Waals surface area contributed by atoms with Crippen LogP contribution in [-0.2, 0) is 0 Å². The zero-order valence-electron chi connectivity index (χ0n) is 11.1. The van der Waals surface area contributed by atoms with Crippen molar-refractivity contribution in [1.82, 2.24) is 9.88 Å². The van der Waals surface area contributed by atoms with Crippen LogP contribution in [-0.4, -0.2) is 46.6 Å². The standard InChI is InChI=1S/C12H20N4O2S/c1-2-14-12-15-10(13)9(19-12)11(18)16(6-7-17)8-4-3-5-8/h8,17H,2-7,13H2,1H3,(H,14,15). The van der Waals surface area contributed by atoms with E-state index in [4.69, 9.17) is 10.8 Å². The second kappa shape index (κ2) is 6.21. The minimum absolute atomic E-state index is 0.0268. The van der Waals surface area contributed by atoms with E-state index in [1.165, 1.54) is 11.3 Å². The van der Waals surface area contributed by atoms with E-state index in [1.807, 2.05) is 6.92 Å². The molecule has 0 radical (unpaired) electrons. The van der Waals surface area contributed by atoms with Crippen LogP contribution in [0.1, 0.15) is 35.9 Å². The molecule has 1 aliphatic rings. The van der Waals surface area contributed by atoms with Crippen molar-refractivity contribution in [2.45, 2.75) is 32.2 Å². The maximum Gasteiger partial charge on any atom is 0.268 e. The van der Waals surface area contributed by atoms with Gasteiger partial charge in [0, 0.05) is 19.1 Å². The smallest absolute Gasteiger partial charge is 0.268 e. The summed E-state index contributed by atoms with van der Waals surface area (Å²) < 4.78 is 0. The highest BCUT2D eigenvalue weighted by Gasteiger charge is 2.31. The number of nitrogen functional groups attached to an aromatic ring is 1. The molecule has 106 valence electrons. The molecule has 6 nitrogen and oxygen atoms in total.